The second-order valence-corrected chi connectivity index (χ2v) is 9.69. The zero-order valence-electron chi connectivity index (χ0n) is 22.6. The molecule has 1 aromatic carbocycles. The fraction of sp³-hybridized carbons (Fsp3) is 0.310. The lowest BCUT2D eigenvalue weighted by atomic mass is 10.1. The first-order chi connectivity index (χ1) is 19.5. The Bertz CT molecular complexity index is 1730. The van der Waals surface area contributed by atoms with Gasteiger partial charge in [0, 0.05) is 19.2 Å². The smallest absolute Gasteiger partial charge is 0.269 e. The Balaban J connectivity index is 1.47. The maximum absolute atomic E-state index is 7.34. The Morgan fingerprint density at radius 3 is 2.73 bits per heavy atom. The number of imidazole rings is 1. The molecule has 1 N–H and O–H groups in total. The summed E-state index contributed by atoms with van der Waals surface area (Å²) in [5.41, 5.74) is 6.13. The molecule has 11 nitrogen and oxygen atoms in total. The molecule has 11 heteroatoms. The molecule has 4 aromatic heterocycles. The van der Waals surface area contributed by atoms with Crippen molar-refractivity contribution < 1.29 is 9.47 Å². The standard InChI is InChI=1S/C29H29N9O2/c1-18-32-27-23(35-22-11-8-10-21(28(22)39-4)24-17-31-37(3)36-24)16-20(15-19-9-7-12-25(30-2)33-19)34-29(27)38(18)26-13-5-6-14-40-26/h7-12,16-17,26H,5-6,13-15H2,1,3-4H3,(H,34,35). The number of hydrogen-bond donors (Lipinski definition) is 1. The molecule has 1 unspecified atom stereocenters. The lowest BCUT2D eigenvalue weighted by molar-refractivity contribution is -0.0309. The van der Waals surface area contributed by atoms with Gasteiger partial charge in [0.2, 0.25) is 0 Å². The number of methoxy groups -OCH3 is 1. The van der Waals surface area contributed by atoms with Crippen LogP contribution in [0.4, 0.5) is 17.2 Å². The van der Waals surface area contributed by atoms with Crippen molar-refractivity contribution in [2.45, 2.75) is 38.8 Å². The Morgan fingerprint density at radius 1 is 1.10 bits per heavy atom. The van der Waals surface area contributed by atoms with E-state index >= 15 is 0 Å². The first-order valence-corrected chi connectivity index (χ1v) is 13.2. The van der Waals surface area contributed by atoms with E-state index in [1.165, 1.54) is 4.80 Å². The number of pyridine rings is 2. The van der Waals surface area contributed by atoms with Crippen molar-refractivity contribution >= 4 is 28.4 Å². The maximum atomic E-state index is 7.34. The molecule has 0 aliphatic carbocycles. The Hall–Kier alpha value is -4.82. The van der Waals surface area contributed by atoms with Gasteiger partial charge in [-0.3, -0.25) is 4.57 Å². The van der Waals surface area contributed by atoms with Gasteiger partial charge < -0.3 is 19.6 Å². The van der Waals surface area contributed by atoms with Crippen LogP contribution in [0.2, 0.25) is 0 Å². The third-order valence-electron chi connectivity index (χ3n) is 6.95. The van der Waals surface area contributed by atoms with Gasteiger partial charge in [0.15, 0.2) is 11.4 Å². The SMILES string of the molecule is [C-]#[N+]c1cccc(Cc2cc(Nc3cccc(-c4cnn(C)n4)c3OC)c3nc(C)n(C4CCCCO4)c3n2)n1. The van der Waals surface area contributed by atoms with Crippen LogP contribution in [0.15, 0.2) is 48.7 Å². The molecule has 1 aliphatic rings. The minimum atomic E-state index is -0.118. The van der Waals surface area contributed by atoms with Gasteiger partial charge in [0.1, 0.15) is 29.0 Å². The average Bonchev–Trinajstić information content (AvgIpc) is 3.56. The van der Waals surface area contributed by atoms with Crippen LogP contribution in [-0.4, -0.2) is 48.2 Å². The number of aromatic nitrogens is 7. The largest absolute Gasteiger partial charge is 0.494 e. The average molecular weight is 536 g/mol. The normalized spacial score (nSPS) is 15.2. The van der Waals surface area contributed by atoms with E-state index in [-0.39, 0.29) is 6.23 Å². The molecule has 1 atom stereocenters. The van der Waals surface area contributed by atoms with Crippen molar-refractivity contribution in [1.82, 2.24) is 34.5 Å². The minimum Gasteiger partial charge on any atom is -0.494 e. The van der Waals surface area contributed by atoms with Gasteiger partial charge in [-0.1, -0.05) is 18.7 Å². The van der Waals surface area contributed by atoms with Crippen LogP contribution in [0.3, 0.4) is 0 Å². The maximum Gasteiger partial charge on any atom is 0.269 e. The number of para-hydroxylation sites is 1. The molecule has 1 fully saturated rings. The van der Waals surface area contributed by atoms with Crippen LogP contribution >= 0.6 is 0 Å². The highest BCUT2D eigenvalue weighted by atomic mass is 16.5. The fourth-order valence-electron chi connectivity index (χ4n) is 5.17. The van der Waals surface area contributed by atoms with Crippen molar-refractivity contribution in [2.24, 2.45) is 7.05 Å². The highest BCUT2D eigenvalue weighted by Gasteiger charge is 2.24. The van der Waals surface area contributed by atoms with E-state index in [4.69, 9.17) is 26.0 Å². The molecular formula is C29H29N9O2. The summed E-state index contributed by atoms with van der Waals surface area (Å²) in [7, 11) is 3.42. The number of benzene rings is 1. The van der Waals surface area contributed by atoms with Crippen molar-refractivity contribution in [1.29, 1.82) is 0 Å². The first kappa shape index (κ1) is 25.5. The number of nitrogens with one attached hydrogen (secondary N) is 1. The Labute approximate surface area is 231 Å². The number of ether oxygens (including phenoxy) is 2. The Kier molecular flexibility index (Phi) is 6.84. The van der Waals surface area contributed by atoms with E-state index in [9.17, 15) is 0 Å². The number of aryl methyl sites for hydroxylation is 2. The van der Waals surface area contributed by atoms with Crippen molar-refractivity contribution in [3.8, 4) is 17.0 Å². The predicted molar refractivity (Wildman–Crippen MR) is 151 cm³/mol. The van der Waals surface area contributed by atoms with Crippen LogP contribution in [0, 0.1) is 13.5 Å². The summed E-state index contributed by atoms with van der Waals surface area (Å²) >= 11 is 0. The monoisotopic (exact) mass is 535 g/mol. The Morgan fingerprint density at radius 2 is 1.98 bits per heavy atom. The minimum absolute atomic E-state index is 0.118. The third-order valence-corrected chi connectivity index (χ3v) is 6.95. The summed E-state index contributed by atoms with van der Waals surface area (Å²) in [6.07, 6.45) is 5.10. The highest BCUT2D eigenvalue weighted by Crippen LogP contribution is 2.39. The second kappa shape index (κ2) is 10.7. The zero-order chi connectivity index (χ0) is 27.6. The van der Waals surface area contributed by atoms with E-state index in [0.29, 0.717) is 30.3 Å². The van der Waals surface area contributed by atoms with Gasteiger partial charge in [-0.2, -0.15) is 15.0 Å². The van der Waals surface area contributed by atoms with E-state index in [2.05, 4.69) is 29.9 Å². The summed E-state index contributed by atoms with van der Waals surface area (Å²) in [5.74, 6) is 1.84. The topological polar surface area (TPSA) is 109 Å². The second-order valence-electron chi connectivity index (χ2n) is 9.69. The van der Waals surface area contributed by atoms with Crippen LogP contribution in [0.5, 0.6) is 5.75 Å². The fourth-order valence-corrected chi connectivity index (χ4v) is 5.17. The summed E-state index contributed by atoms with van der Waals surface area (Å²) < 4.78 is 14.1. The third kappa shape index (κ3) is 4.85. The molecule has 202 valence electrons. The first-order valence-electron chi connectivity index (χ1n) is 13.2. The summed E-state index contributed by atoms with van der Waals surface area (Å²) in [6, 6.07) is 13.3. The van der Waals surface area contributed by atoms with Crippen LogP contribution < -0.4 is 10.1 Å². The number of nitrogens with zero attached hydrogens (tertiary/aromatic N) is 8. The van der Waals surface area contributed by atoms with Gasteiger partial charge in [0.05, 0.1) is 36.8 Å². The van der Waals surface area contributed by atoms with Crippen LogP contribution in [0.25, 0.3) is 27.3 Å². The van der Waals surface area contributed by atoms with Crippen molar-refractivity contribution in [3.05, 3.63) is 77.3 Å². The van der Waals surface area contributed by atoms with Gasteiger partial charge in [0.25, 0.3) is 5.82 Å². The van der Waals surface area contributed by atoms with Crippen molar-refractivity contribution in [3.63, 3.8) is 0 Å². The van der Waals surface area contributed by atoms with Crippen LogP contribution in [0.1, 0.15) is 42.7 Å². The van der Waals surface area contributed by atoms with E-state index in [1.54, 1.807) is 26.4 Å². The molecule has 0 radical (unpaired) electrons. The lowest BCUT2D eigenvalue weighted by Crippen LogP contribution is -2.19. The van der Waals surface area contributed by atoms with E-state index < -0.39 is 0 Å². The molecule has 40 heavy (non-hydrogen) atoms. The number of rotatable bonds is 7. The zero-order valence-corrected chi connectivity index (χ0v) is 22.6. The molecule has 1 saturated heterocycles. The molecule has 0 amide bonds. The summed E-state index contributed by atoms with van der Waals surface area (Å²) in [6.45, 7) is 10.0. The number of fused-ring (bicyclic) bond motifs is 1. The summed E-state index contributed by atoms with van der Waals surface area (Å²) in [4.78, 5) is 19.5. The molecule has 6 rings (SSSR count). The number of anilines is 2. The number of hydrogen-bond acceptors (Lipinski definition) is 8. The quantitative estimate of drug-likeness (QED) is 0.271. The summed E-state index contributed by atoms with van der Waals surface area (Å²) in [5, 5.41) is 12.2. The predicted octanol–water partition coefficient (Wildman–Crippen LogP) is 5.52. The van der Waals surface area contributed by atoms with Crippen molar-refractivity contribution in [2.75, 3.05) is 19.0 Å². The van der Waals surface area contributed by atoms with E-state index in [1.807, 2.05) is 43.3 Å². The van der Waals surface area contributed by atoms with Gasteiger partial charge in [-0.05, 0) is 56.5 Å². The van der Waals surface area contributed by atoms with Gasteiger partial charge in [-0.15, -0.1) is 4.98 Å². The van der Waals surface area contributed by atoms with Crippen LogP contribution in [-0.2, 0) is 18.2 Å². The molecule has 5 heterocycles. The van der Waals surface area contributed by atoms with Gasteiger partial charge >= 0.3 is 0 Å². The highest BCUT2D eigenvalue weighted by molar-refractivity contribution is 5.91. The van der Waals surface area contributed by atoms with E-state index in [0.717, 1.165) is 64.6 Å². The molecular weight excluding hydrogens is 506 g/mol. The molecule has 1 aliphatic heterocycles. The molecule has 5 aromatic rings. The molecule has 0 saturated carbocycles. The lowest BCUT2D eigenvalue weighted by Gasteiger charge is -2.25. The molecule has 0 bridgehead atoms. The molecule has 0 spiro atoms. The van der Waals surface area contributed by atoms with Gasteiger partial charge in [-0.25, -0.2) is 9.97 Å².